The van der Waals surface area contributed by atoms with Gasteiger partial charge in [0.25, 0.3) is 0 Å². The van der Waals surface area contributed by atoms with Crippen molar-refractivity contribution in [1.29, 1.82) is 0 Å². The van der Waals surface area contributed by atoms with Gasteiger partial charge < -0.3 is 0 Å². The molecule has 0 spiro atoms. The number of allylic oxidation sites excluding steroid dienone is 6. The second-order valence-electron chi connectivity index (χ2n) is 10.3. The summed E-state index contributed by atoms with van der Waals surface area (Å²) in [5.74, 6) is 1.68. The Morgan fingerprint density at radius 1 is 1.11 bits per heavy atom. The fourth-order valence-electron chi connectivity index (χ4n) is 7.16. The van der Waals surface area contributed by atoms with Crippen LogP contribution in [0.15, 0.2) is 53.9 Å². The van der Waals surface area contributed by atoms with Crippen molar-refractivity contribution in [3.63, 3.8) is 0 Å². The average molecular weight is 374 g/mol. The van der Waals surface area contributed by atoms with E-state index in [4.69, 9.17) is 0 Å². The lowest BCUT2D eigenvalue weighted by molar-refractivity contribution is -0.130. The lowest BCUT2D eigenvalue weighted by Gasteiger charge is -2.58. The first-order chi connectivity index (χ1) is 13.3. The van der Waals surface area contributed by atoms with Crippen molar-refractivity contribution in [2.75, 3.05) is 0 Å². The third kappa shape index (κ3) is 2.21. The lowest BCUT2D eigenvalue weighted by atomic mass is 9.46. The van der Waals surface area contributed by atoms with Crippen LogP contribution in [-0.2, 0) is 4.79 Å². The van der Waals surface area contributed by atoms with Crippen molar-refractivity contribution in [3.05, 3.63) is 59.5 Å². The predicted octanol–water partition coefficient (Wildman–Crippen LogP) is 6.16. The normalized spacial score (nSPS) is 38.6. The maximum atomic E-state index is 12.6. The van der Waals surface area contributed by atoms with Crippen LogP contribution in [0.25, 0.3) is 5.57 Å². The van der Waals surface area contributed by atoms with E-state index in [-0.39, 0.29) is 16.2 Å². The van der Waals surface area contributed by atoms with E-state index in [0.29, 0.717) is 17.6 Å². The molecule has 2 nitrogen and oxygen atoms in total. The van der Waals surface area contributed by atoms with Crippen molar-refractivity contribution in [2.24, 2.45) is 28.1 Å². The Morgan fingerprint density at radius 3 is 2.68 bits per heavy atom. The third-order valence-electron chi connectivity index (χ3n) is 8.73. The number of rotatable bonds is 1. The summed E-state index contributed by atoms with van der Waals surface area (Å²) in [4.78, 5) is 17.0. The van der Waals surface area contributed by atoms with Crippen molar-refractivity contribution in [2.45, 2.75) is 59.8 Å². The topological polar surface area (TPSA) is 30.0 Å². The molecule has 2 fully saturated rings. The molecule has 0 amide bonds. The molecule has 5 rings (SSSR count). The number of hydrogen-bond acceptors (Lipinski definition) is 2. The molecule has 28 heavy (non-hydrogen) atoms. The van der Waals surface area contributed by atoms with Crippen molar-refractivity contribution in [3.8, 4) is 0 Å². The summed E-state index contributed by atoms with van der Waals surface area (Å²) in [5.41, 5.74) is 5.76. The van der Waals surface area contributed by atoms with E-state index in [9.17, 15) is 4.79 Å². The first kappa shape index (κ1) is 18.1. The second-order valence-corrected chi connectivity index (χ2v) is 10.3. The van der Waals surface area contributed by atoms with Crippen LogP contribution in [0.3, 0.4) is 0 Å². The Hall–Kier alpha value is -1.96. The molecule has 1 aromatic heterocycles. The molecule has 1 heterocycles. The first-order valence-corrected chi connectivity index (χ1v) is 10.9. The number of carbonyl (C=O) groups is 1. The number of ketones is 1. The minimum absolute atomic E-state index is 0.131. The minimum Gasteiger partial charge on any atom is -0.299 e. The summed E-state index contributed by atoms with van der Waals surface area (Å²) in [6, 6.07) is 4.24. The zero-order valence-electron chi connectivity index (χ0n) is 17.6. The van der Waals surface area contributed by atoms with Crippen LogP contribution in [-0.4, -0.2) is 10.8 Å². The van der Waals surface area contributed by atoms with Gasteiger partial charge >= 0.3 is 0 Å². The average Bonchev–Trinajstić information content (AvgIpc) is 3.03. The number of hydrogen-bond donors (Lipinski definition) is 0. The van der Waals surface area contributed by atoms with Gasteiger partial charge in [-0.1, -0.05) is 49.3 Å². The molecule has 2 saturated carbocycles. The number of nitrogens with zero attached hydrogens (tertiary/aromatic N) is 1. The van der Waals surface area contributed by atoms with Gasteiger partial charge in [-0.2, -0.15) is 0 Å². The highest BCUT2D eigenvalue weighted by Crippen LogP contribution is 2.66. The molecule has 4 atom stereocenters. The van der Waals surface area contributed by atoms with Crippen LogP contribution in [0.1, 0.15) is 65.4 Å². The fourth-order valence-corrected chi connectivity index (χ4v) is 7.16. The summed E-state index contributed by atoms with van der Waals surface area (Å²) >= 11 is 0. The maximum Gasteiger partial charge on any atom is 0.142 e. The third-order valence-corrected chi connectivity index (χ3v) is 8.73. The van der Waals surface area contributed by atoms with Crippen LogP contribution in [0.4, 0.5) is 0 Å². The molecule has 0 aliphatic heterocycles. The summed E-state index contributed by atoms with van der Waals surface area (Å²) in [5, 5.41) is 0. The fraction of sp³-hybridized carbons (Fsp3) is 0.538. The standard InChI is InChI=1S/C26H31NO/c1-24(2)22-10-7-18-20-9-8-19(17-6-5-15-27-16-17)25(20,3)13-11-21(18)26(22,4)14-12-23(24)28/h5-6,8-10,15-16,18,21H,7,11-14H2,1-4H3/t18-,21-,25+,26+/m0/s1. The molecule has 0 unspecified atom stereocenters. The highest BCUT2D eigenvalue weighted by molar-refractivity contribution is 5.89. The highest BCUT2D eigenvalue weighted by Gasteiger charge is 2.57. The first-order valence-electron chi connectivity index (χ1n) is 10.9. The molecular weight excluding hydrogens is 342 g/mol. The molecule has 146 valence electrons. The van der Waals surface area contributed by atoms with E-state index in [2.05, 4.69) is 57.0 Å². The molecule has 0 aromatic carbocycles. The number of fused-ring (bicyclic) bond motifs is 5. The van der Waals surface area contributed by atoms with E-state index in [1.807, 2.05) is 18.5 Å². The van der Waals surface area contributed by atoms with Gasteiger partial charge in [-0.25, -0.2) is 0 Å². The zero-order chi connectivity index (χ0) is 19.7. The summed E-state index contributed by atoms with van der Waals surface area (Å²) in [6.07, 6.45) is 16.4. The summed E-state index contributed by atoms with van der Waals surface area (Å²) in [6.45, 7) is 9.21. The SMILES string of the molecule is CC1(C)C(=O)CC[C@@]2(C)C1=CC[C@H]1C3=CC=C(c4cccnc4)[C@@]3(C)CC[C@@H]12. The van der Waals surface area contributed by atoms with Crippen LogP contribution in [0.5, 0.6) is 0 Å². The molecule has 0 bridgehead atoms. The number of aromatic nitrogens is 1. The lowest BCUT2D eigenvalue weighted by Crippen LogP contribution is -2.51. The van der Waals surface area contributed by atoms with E-state index < -0.39 is 0 Å². The van der Waals surface area contributed by atoms with Gasteiger partial charge in [0, 0.05) is 29.6 Å². The molecule has 0 radical (unpaired) electrons. The summed E-state index contributed by atoms with van der Waals surface area (Å²) in [7, 11) is 0. The zero-order valence-corrected chi connectivity index (χ0v) is 17.6. The summed E-state index contributed by atoms with van der Waals surface area (Å²) < 4.78 is 0. The van der Waals surface area contributed by atoms with Crippen molar-refractivity contribution >= 4 is 11.4 Å². The van der Waals surface area contributed by atoms with Gasteiger partial charge in [-0.05, 0) is 74.0 Å². The Labute approximate surface area is 168 Å². The van der Waals surface area contributed by atoms with E-state index in [1.54, 1.807) is 5.57 Å². The van der Waals surface area contributed by atoms with Gasteiger partial charge in [-0.15, -0.1) is 0 Å². The second kappa shape index (κ2) is 5.78. The maximum absolute atomic E-state index is 12.6. The molecule has 2 heteroatoms. The van der Waals surface area contributed by atoms with Crippen LogP contribution >= 0.6 is 0 Å². The number of carbonyl (C=O) groups excluding carboxylic acids is 1. The Morgan fingerprint density at radius 2 is 1.93 bits per heavy atom. The van der Waals surface area contributed by atoms with Gasteiger partial charge in [0.1, 0.15) is 5.78 Å². The van der Waals surface area contributed by atoms with Crippen molar-refractivity contribution < 1.29 is 4.79 Å². The smallest absolute Gasteiger partial charge is 0.142 e. The Kier molecular flexibility index (Phi) is 3.73. The van der Waals surface area contributed by atoms with Crippen LogP contribution < -0.4 is 0 Å². The quantitative estimate of drug-likeness (QED) is 0.552. The molecule has 0 saturated heterocycles. The van der Waals surface area contributed by atoms with E-state index >= 15 is 0 Å². The molecule has 1 aromatic rings. The predicted molar refractivity (Wildman–Crippen MR) is 113 cm³/mol. The minimum atomic E-state index is -0.290. The molecule has 0 N–H and O–H groups in total. The van der Waals surface area contributed by atoms with Gasteiger partial charge in [-0.3, -0.25) is 9.78 Å². The van der Waals surface area contributed by atoms with Gasteiger partial charge in [0.2, 0.25) is 0 Å². The van der Waals surface area contributed by atoms with Gasteiger partial charge in [0.15, 0.2) is 0 Å². The number of Topliss-reactive ketones (excluding diaryl/α,β-unsaturated/α-hetero) is 1. The van der Waals surface area contributed by atoms with Gasteiger partial charge in [0.05, 0.1) is 0 Å². The number of pyridine rings is 1. The van der Waals surface area contributed by atoms with E-state index in [1.165, 1.54) is 29.6 Å². The highest BCUT2D eigenvalue weighted by atomic mass is 16.1. The Balaban J connectivity index is 1.53. The van der Waals surface area contributed by atoms with Crippen LogP contribution in [0.2, 0.25) is 0 Å². The van der Waals surface area contributed by atoms with Crippen LogP contribution in [0, 0.1) is 28.1 Å². The van der Waals surface area contributed by atoms with Crippen molar-refractivity contribution in [1.82, 2.24) is 4.98 Å². The van der Waals surface area contributed by atoms with E-state index in [0.717, 1.165) is 19.3 Å². The largest absolute Gasteiger partial charge is 0.299 e. The Bertz CT molecular complexity index is 934. The monoisotopic (exact) mass is 373 g/mol. The molecular formula is C26H31NO. The molecule has 4 aliphatic carbocycles. The molecule has 4 aliphatic rings.